The molecule has 0 aliphatic carbocycles. The molecule has 2 aromatic carbocycles. The number of ether oxygens (including phenoxy) is 1. The highest BCUT2D eigenvalue weighted by Crippen LogP contribution is 2.38. The first-order valence-electron chi connectivity index (χ1n) is 10.2. The molecule has 0 amide bonds. The van der Waals surface area contributed by atoms with Crippen molar-refractivity contribution in [3.8, 4) is 5.75 Å². The fourth-order valence-electron chi connectivity index (χ4n) is 3.49. The summed E-state index contributed by atoms with van der Waals surface area (Å²) < 4.78 is 46.5. The molecule has 0 saturated carbocycles. The maximum Gasteiger partial charge on any atom is 0.419 e. The van der Waals surface area contributed by atoms with Gasteiger partial charge < -0.3 is 4.74 Å². The van der Waals surface area contributed by atoms with Crippen LogP contribution in [0.25, 0.3) is 0 Å². The standard InChI is InChI=1S/C24H29F3O2/c1-5-17-9-8-10-19(11-12-20(28)7-3)21(17)15-29-23-13-16(4)18(6-2)14-22(23)24(25,26)27/h8-10,13-14H,5-7,11-12,15H2,1-4H3. The SMILES string of the molecule is CCC(=O)CCc1cccc(CC)c1COc1cc(C)c(CC)cc1C(F)(F)F. The Bertz CT molecular complexity index is 854. The third-order valence-electron chi connectivity index (χ3n) is 5.31. The van der Waals surface area contributed by atoms with Crippen molar-refractivity contribution in [1.82, 2.24) is 0 Å². The number of benzene rings is 2. The Hall–Kier alpha value is -2.30. The molecule has 0 unspecified atom stereocenters. The molecule has 0 spiro atoms. The van der Waals surface area contributed by atoms with Gasteiger partial charge in [0.2, 0.25) is 0 Å². The second-order valence-corrected chi connectivity index (χ2v) is 7.22. The van der Waals surface area contributed by atoms with Gasteiger partial charge in [-0.3, -0.25) is 4.79 Å². The molecule has 158 valence electrons. The molecule has 0 aromatic heterocycles. The topological polar surface area (TPSA) is 26.3 Å². The van der Waals surface area contributed by atoms with Gasteiger partial charge in [0.15, 0.2) is 0 Å². The van der Waals surface area contributed by atoms with Crippen LogP contribution < -0.4 is 4.74 Å². The number of carbonyl (C=O) groups excluding carboxylic acids is 1. The van der Waals surface area contributed by atoms with Crippen LogP contribution in [0.4, 0.5) is 13.2 Å². The molecule has 2 rings (SSSR count). The third kappa shape index (κ3) is 5.84. The van der Waals surface area contributed by atoms with Crippen LogP contribution in [0.5, 0.6) is 5.75 Å². The van der Waals surface area contributed by atoms with E-state index in [0.717, 1.165) is 28.7 Å². The number of ketones is 1. The Morgan fingerprint density at radius 3 is 2.24 bits per heavy atom. The van der Waals surface area contributed by atoms with Crippen LogP contribution in [0.15, 0.2) is 30.3 Å². The number of hydrogen-bond donors (Lipinski definition) is 0. The maximum atomic E-state index is 13.6. The van der Waals surface area contributed by atoms with Gasteiger partial charge in [-0.1, -0.05) is 39.0 Å². The molecule has 5 heteroatoms. The lowest BCUT2D eigenvalue weighted by Gasteiger charge is -2.19. The number of carbonyl (C=O) groups is 1. The first-order chi connectivity index (χ1) is 13.7. The zero-order chi connectivity index (χ0) is 21.6. The highest BCUT2D eigenvalue weighted by molar-refractivity contribution is 5.78. The monoisotopic (exact) mass is 406 g/mol. The molecule has 2 nitrogen and oxygen atoms in total. The number of aryl methyl sites for hydroxylation is 4. The molecule has 0 bridgehead atoms. The third-order valence-corrected chi connectivity index (χ3v) is 5.31. The van der Waals surface area contributed by atoms with E-state index < -0.39 is 11.7 Å². The lowest BCUT2D eigenvalue weighted by Crippen LogP contribution is -2.12. The van der Waals surface area contributed by atoms with E-state index in [1.54, 1.807) is 6.92 Å². The molecule has 0 aliphatic heterocycles. The van der Waals surface area contributed by atoms with Crippen molar-refractivity contribution >= 4 is 5.78 Å². The van der Waals surface area contributed by atoms with Crippen molar-refractivity contribution in [2.75, 3.05) is 0 Å². The zero-order valence-corrected chi connectivity index (χ0v) is 17.6. The average Bonchev–Trinajstić information content (AvgIpc) is 2.69. The van der Waals surface area contributed by atoms with Crippen molar-refractivity contribution in [1.29, 1.82) is 0 Å². The molecule has 0 fully saturated rings. The van der Waals surface area contributed by atoms with Crippen LogP contribution >= 0.6 is 0 Å². The lowest BCUT2D eigenvalue weighted by molar-refractivity contribution is -0.139. The van der Waals surface area contributed by atoms with E-state index >= 15 is 0 Å². The van der Waals surface area contributed by atoms with E-state index in [0.29, 0.717) is 31.2 Å². The summed E-state index contributed by atoms with van der Waals surface area (Å²) in [5, 5.41) is 0. The van der Waals surface area contributed by atoms with Crippen LogP contribution in [-0.4, -0.2) is 5.78 Å². The quantitative estimate of drug-likeness (QED) is 0.467. The summed E-state index contributed by atoms with van der Waals surface area (Å²) in [5.41, 5.74) is 3.58. The minimum atomic E-state index is -4.48. The molecule has 29 heavy (non-hydrogen) atoms. The number of alkyl halides is 3. The molecular weight excluding hydrogens is 377 g/mol. The number of hydrogen-bond acceptors (Lipinski definition) is 2. The molecule has 0 radical (unpaired) electrons. The molecule has 0 aliphatic rings. The van der Waals surface area contributed by atoms with Crippen molar-refractivity contribution in [3.05, 3.63) is 63.7 Å². The number of halogens is 3. The number of rotatable bonds is 9. The fraction of sp³-hybridized carbons (Fsp3) is 0.458. The summed E-state index contributed by atoms with van der Waals surface area (Å²) >= 11 is 0. The Balaban J connectivity index is 2.36. The minimum Gasteiger partial charge on any atom is -0.488 e. The summed E-state index contributed by atoms with van der Waals surface area (Å²) in [6, 6.07) is 8.49. The molecule has 2 aromatic rings. The van der Waals surface area contributed by atoms with Gasteiger partial charge in [0.05, 0.1) is 5.56 Å². The van der Waals surface area contributed by atoms with Crippen LogP contribution in [0.2, 0.25) is 0 Å². The van der Waals surface area contributed by atoms with Crippen molar-refractivity contribution in [2.45, 2.75) is 72.6 Å². The van der Waals surface area contributed by atoms with Crippen molar-refractivity contribution < 1.29 is 22.7 Å². The van der Waals surface area contributed by atoms with E-state index in [-0.39, 0.29) is 18.1 Å². The fourth-order valence-corrected chi connectivity index (χ4v) is 3.49. The molecule has 0 heterocycles. The Kier molecular flexibility index (Phi) is 7.88. The Morgan fingerprint density at radius 1 is 1.00 bits per heavy atom. The van der Waals surface area contributed by atoms with Gasteiger partial charge in [-0.05, 0) is 66.1 Å². The predicted octanol–water partition coefficient (Wildman–Crippen LogP) is 6.63. The van der Waals surface area contributed by atoms with Gasteiger partial charge in [-0.25, -0.2) is 0 Å². The second-order valence-electron chi connectivity index (χ2n) is 7.22. The van der Waals surface area contributed by atoms with E-state index in [9.17, 15) is 18.0 Å². The van der Waals surface area contributed by atoms with E-state index in [1.807, 2.05) is 39.0 Å². The minimum absolute atomic E-state index is 0.0493. The van der Waals surface area contributed by atoms with Crippen LogP contribution in [0.3, 0.4) is 0 Å². The van der Waals surface area contributed by atoms with Crippen molar-refractivity contribution in [2.24, 2.45) is 0 Å². The first-order valence-corrected chi connectivity index (χ1v) is 10.2. The molecular formula is C24H29F3O2. The van der Waals surface area contributed by atoms with Crippen LogP contribution in [0, 0.1) is 6.92 Å². The molecule has 0 atom stereocenters. The van der Waals surface area contributed by atoms with E-state index in [1.165, 1.54) is 12.1 Å². The molecule has 0 N–H and O–H groups in total. The zero-order valence-electron chi connectivity index (χ0n) is 17.6. The summed E-state index contributed by atoms with van der Waals surface area (Å²) in [4.78, 5) is 11.7. The van der Waals surface area contributed by atoms with Gasteiger partial charge in [0.25, 0.3) is 0 Å². The van der Waals surface area contributed by atoms with E-state index in [4.69, 9.17) is 4.74 Å². The van der Waals surface area contributed by atoms with Crippen molar-refractivity contribution in [3.63, 3.8) is 0 Å². The first kappa shape index (κ1) is 23.0. The summed E-state index contributed by atoms with van der Waals surface area (Å²) in [5.74, 6) is 0.0256. The smallest absolute Gasteiger partial charge is 0.419 e. The van der Waals surface area contributed by atoms with Crippen LogP contribution in [-0.2, 0) is 36.8 Å². The molecule has 0 saturated heterocycles. The van der Waals surface area contributed by atoms with E-state index in [2.05, 4.69) is 0 Å². The van der Waals surface area contributed by atoms with Gasteiger partial charge in [0, 0.05) is 12.8 Å². The van der Waals surface area contributed by atoms with Gasteiger partial charge in [-0.2, -0.15) is 13.2 Å². The van der Waals surface area contributed by atoms with Gasteiger partial charge >= 0.3 is 6.18 Å². The Morgan fingerprint density at radius 2 is 1.66 bits per heavy atom. The highest BCUT2D eigenvalue weighted by atomic mass is 19.4. The average molecular weight is 406 g/mol. The van der Waals surface area contributed by atoms with Gasteiger partial charge in [-0.15, -0.1) is 0 Å². The van der Waals surface area contributed by atoms with Crippen LogP contribution in [0.1, 0.15) is 67.0 Å². The number of Topliss-reactive ketones (excluding diaryl/α,β-unsaturated/α-hetero) is 1. The summed E-state index contributed by atoms with van der Waals surface area (Å²) in [6.45, 7) is 7.52. The summed E-state index contributed by atoms with van der Waals surface area (Å²) in [7, 11) is 0. The predicted molar refractivity (Wildman–Crippen MR) is 109 cm³/mol. The second kappa shape index (κ2) is 9.95. The lowest BCUT2D eigenvalue weighted by atomic mass is 9.95. The Labute approximate surface area is 171 Å². The van der Waals surface area contributed by atoms with Gasteiger partial charge in [0.1, 0.15) is 18.1 Å². The maximum absolute atomic E-state index is 13.6. The largest absolute Gasteiger partial charge is 0.488 e. The summed E-state index contributed by atoms with van der Waals surface area (Å²) in [6.07, 6.45) is -1.73. The normalized spacial score (nSPS) is 11.6. The highest BCUT2D eigenvalue weighted by Gasteiger charge is 2.35.